The minimum atomic E-state index is -0.246. The Balaban J connectivity index is 1.51. The second kappa shape index (κ2) is 8.57. The van der Waals surface area contributed by atoms with E-state index in [0.717, 1.165) is 36.2 Å². The van der Waals surface area contributed by atoms with Crippen molar-refractivity contribution in [1.82, 2.24) is 5.32 Å². The summed E-state index contributed by atoms with van der Waals surface area (Å²) in [5, 5.41) is 2.90. The maximum absolute atomic E-state index is 13.2. The fourth-order valence-corrected chi connectivity index (χ4v) is 4.13. The molecule has 156 valence electrons. The molecule has 7 nitrogen and oxygen atoms in total. The van der Waals surface area contributed by atoms with Crippen LogP contribution in [-0.2, 0) is 16.1 Å². The van der Waals surface area contributed by atoms with Crippen LogP contribution in [-0.4, -0.2) is 38.3 Å². The number of amides is 2. The van der Waals surface area contributed by atoms with Crippen molar-refractivity contribution in [2.45, 2.75) is 25.8 Å². The van der Waals surface area contributed by atoms with Gasteiger partial charge in [0.15, 0.2) is 11.5 Å². The van der Waals surface area contributed by atoms with Crippen LogP contribution in [0.1, 0.15) is 24.8 Å². The number of methoxy groups -OCH3 is 2. The molecule has 2 aromatic carbocycles. The van der Waals surface area contributed by atoms with Gasteiger partial charge in [0.1, 0.15) is 6.54 Å². The van der Waals surface area contributed by atoms with Gasteiger partial charge in [-0.25, -0.2) is 0 Å². The number of fused-ring (bicyclic) bond motifs is 2. The normalized spacial score (nSPS) is 17.5. The number of carbonyl (C=O) groups is 2. The van der Waals surface area contributed by atoms with Gasteiger partial charge in [0.2, 0.25) is 11.8 Å². The number of hydrogen-bond acceptors (Lipinski definition) is 5. The van der Waals surface area contributed by atoms with Crippen LogP contribution in [0.2, 0.25) is 0 Å². The van der Waals surface area contributed by atoms with Gasteiger partial charge in [-0.15, -0.1) is 0 Å². The smallest absolute Gasteiger partial charge is 0.240 e. The molecular formula is C23H25N3O4. The van der Waals surface area contributed by atoms with Crippen LogP contribution in [0, 0.1) is 5.92 Å². The summed E-state index contributed by atoms with van der Waals surface area (Å²) in [6, 6.07) is 13.0. The summed E-state index contributed by atoms with van der Waals surface area (Å²) < 4.78 is 10.7. The van der Waals surface area contributed by atoms with E-state index in [-0.39, 0.29) is 30.8 Å². The van der Waals surface area contributed by atoms with E-state index in [2.05, 4.69) is 5.32 Å². The number of nitrogens with one attached hydrogen (secondary N) is 1. The SMILES string of the molecule is COc1cccc(CNC(=O)CN2C(=O)[C@H]3CCCC3=Nc3ccccc32)c1OC. The standard InChI is InChI=1S/C23H25N3O4/c1-29-20-12-5-7-15(22(20)30-2)13-24-21(27)14-26-19-11-4-3-9-18(19)25-17-10-6-8-16(17)23(26)28/h3-5,7,9,11-12,16H,6,8,10,13-14H2,1-2H3,(H,24,27)/t16-/m0/s1. The van der Waals surface area contributed by atoms with Crippen LogP contribution in [0.15, 0.2) is 47.5 Å². The molecule has 0 radical (unpaired) electrons. The van der Waals surface area contributed by atoms with Crippen molar-refractivity contribution in [2.75, 3.05) is 25.7 Å². The van der Waals surface area contributed by atoms with Crippen molar-refractivity contribution in [3.8, 4) is 11.5 Å². The third kappa shape index (κ3) is 3.75. The summed E-state index contributed by atoms with van der Waals surface area (Å²) in [6.07, 6.45) is 2.57. The summed E-state index contributed by atoms with van der Waals surface area (Å²) in [5.41, 5.74) is 3.15. The maximum Gasteiger partial charge on any atom is 0.240 e. The molecule has 0 spiro atoms. The average Bonchev–Trinajstić information content (AvgIpc) is 3.20. The van der Waals surface area contributed by atoms with E-state index in [9.17, 15) is 9.59 Å². The van der Waals surface area contributed by atoms with Crippen molar-refractivity contribution < 1.29 is 19.1 Å². The molecule has 1 heterocycles. The van der Waals surface area contributed by atoms with Crippen LogP contribution in [0.25, 0.3) is 0 Å². The number of anilines is 1. The monoisotopic (exact) mass is 407 g/mol. The van der Waals surface area contributed by atoms with E-state index in [0.29, 0.717) is 17.2 Å². The molecule has 30 heavy (non-hydrogen) atoms. The van der Waals surface area contributed by atoms with Gasteiger partial charge in [-0.05, 0) is 37.5 Å². The Morgan fingerprint density at radius 1 is 1.17 bits per heavy atom. The van der Waals surface area contributed by atoms with Crippen LogP contribution in [0.5, 0.6) is 11.5 Å². The number of hydrogen-bond donors (Lipinski definition) is 1. The maximum atomic E-state index is 13.2. The Bertz CT molecular complexity index is 1000. The Morgan fingerprint density at radius 3 is 2.80 bits per heavy atom. The molecule has 1 aliphatic carbocycles. The number of benzene rings is 2. The summed E-state index contributed by atoms with van der Waals surface area (Å²) in [5.74, 6) is 0.658. The molecule has 0 unspecified atom stereocenters. The van der Waals surface area contributed by atoms with Crippen LogP contribution < -0.4 is 19.7 Å². The summed E-state index contributed by atoms with van der Waals surface area (Å²) in [7, 11) is 3.14. The lowest BCUT2D eigenvalue weighted by Crippen LogP contribution is -2.43. The van der Waals surface area contributed by atoms with Crippen molar-refractivity contribution in [2.24, 2.45) is 10.9 Å². The van der Waals surface area contributed by atoms with Crippen molar-refractivity contribution in [3.05, 3.63) is 48.0 Å². The highest BCUT2D eigenvalue weighted by Gasteiger charge is 2.37. The highest BCUT2D eigenvalue weighted by atomic mass is 16.5. The Hall–Kier alpha value is -3.35. The molecule has 0 aromatic heterocycles. The van der Waals surface area contributed by atoms with Gasteiger partial charge in [0.05, 0.1) is 31.5 Å². The van der Waals surface area contributed by atoms with Gasteiger partial charge in [0.25, 0.3) is 0 Å². The molecule has 2 amide bonds. The number of nitrogens with zero attached hydrogens (tertiary/aromatic N) is 2. The van der Waals surface area contributed by atoms with E-state index in [4.69, 9.17) is 14.5 Å². The Kier molecular flexibility index (Phi) is 5.70. The first-order valence-electron chi connectivity index (χ1n) is 10.1. The van der Waals surface area contributed by atoms with Gasteiger partial charge in [0, 0.05) is 17.8 Å². The first-order chi connectivity index (χ1) is 14.6. The summed E-state index contributed by atoms with van der Waals surface area (Å²) in [6.45, 7) is 0.218. The second-order valence-electron chi connectivity index (χ2n) is 7.39. The van der Waals surface area contributed by atoms with Crippen molar-refractivity contribution >= 4 is 28.9 Å². The minimum Gasteiger partial charge on any atom is -0.493 e. The molecule has 0 saturated heterocycles. The van der Waals surface area contributed by atoms with E-state index < -0.39 is 0 Å². The predicted molar refractivity (Wildman–Crippen MR) is 115 cm³/mol. The molecule has 2 aromatic rings. The zero-order chi connectivity index (χ0) is 21.1. The van der Waals surface area contributed by atoms with Crippen LogP contribution in [0.4, 0.5) is 11.4 Å². The quantitative estimate of drug-likeness (QED) is 0.797. The van der Waals surface area contributed by atoms with Crippen LogP contribution in [0.3, 0.4) is 0 Å². The Morgan fingerprint density at radius 2 is 2.00 bits per heavy atom. The third-order valence-corrected chi connectivity index (χ3v) is 5.59. The van der Waals surface area contributed by atoms with Crippen molar-refractivity contribution in [3.63, 3.8) is 0 Å². The number of ether oxygens (including phenoxy) is 2. The van der Waals surface area contributed by atoms with Gasteiger partial charge in [-0.3, -0.25) is 14.6 Å². The van der Waals surface area contributed by atoms with Gasteiger partial charge in [-0.1, -0.05) is 24.3 Å². The first-order valence-corrected chi connectivity index (χ1v) is 10.1. The highest BCUT2D eigenvalue weighted by molar-refractivity contribution is 6.16. The number of para-hydroxylation sites is 3. The number of carbonyl (C=O) groups excluding carboxylic acids is 2. The third-order valence-electron chi connectivity index (χ3n) is 5.59. The number of rotatable bonds is 6. The molecule has 0 bridgehead atoms. The fraction of sp³-hybridized carbons (Fsp3) is 0.348. The minimum absolute atomic E-state index is 0.0506. The lowest BCUT2D eigenvalue weighted by atomic mass is 10.1. The van der Waals surface area contributed by atoms with E-state index in [1.165, 1.54) is 0 Å². The lowest BCUT2D eigenvalue weighted by molar-refractivity contribution is -0.124. The van der Waals surface area contributed by atoms with Crippen molar-refractivity contribution in [1.29, 1.82) is 0 Å². The molecule has 1 aliphatic heterocycles. The number of aliphatic imine (C=N–C) groups is 1. The molecule has 2 aliphatic rings. The van der Waals surface area contributed by atoms with E-state index in [1.54, 1.807) is 25.2 Å². The molecule has 1 fully saturated rings. The highest BCUT2D eigenvalue weighted by Crippen LogP contribution is 2.37. The largest absolute Gasteiger partial charge is 0.493 e. The average molecular weight is 407 g/mol. The molecule has 1 N–H and O–H groups in total. The lowest BCUT2D eigenvalue weighted by Gasteiger charge is -2.24. The zero-order valence-corrected chi connectivity index (χ0v) is 17.2. The molecule has 7 heteroatoms. The zero-order valence-electron chi connectivity index (χ0n) is 17.2. The summed E-state index contributed by atoms with van der Waals surface area (Å²) >= 11 is 0. The van der Waals surface area contributed by atoms with Gasteiger partial charge in [-0.2, -0.15) is 0 Å². The van der Waals surface area contributed by atoms with E-state index >= 15 is 0 Å². The topological polar surface area (TPSA) is 80.2 Å². The second-order valence-corrected chi connectivity index (χ2v) is 7.39. The van der Waals surface area contributed by atoms with Gasteiger partial charge >= 0.3 is 0 Å². The Labute approximate surface area is 175 Å². The van der Waals surface area contributed by atoms with E-state index in [1.807, 2.05) is 36.4 Å². The van der Waals surface area contributed by atoms with Crippen LogP contribution >= 0.6 is 0 Å². The van der Waals surface area contributed by atoms with Gasteiger partial charge < -0.3 is 19.7 Å². The predicted octanol–water partition coefficient (Wildman–Crippen LogP) is 3.24. The molecular weight excluding hydrogens is 382 g/mol. The summed E-state index contributed by atoms with van der Waals surface area (Å²) in [4.78, 5) is 32.3. The fourth-order valence-electron chi connectivity index (χ4n) is 4.13. The molecule has 4 rings (SSSR count). The first kappa shape index (κ1) is 19.9. The molecule has 1 saturated carbocycles. The molecule has 1 atom stereocenters.